The van der Waals surface area contributed by atoms with Gasteiger partial charge < -0.3 is 15.0 Å². The number of hydrogen-bond donors (Lipinski definition) is 1. The van der Waals surface area contributed by atoms with Crippen LogP contribution < -0.4 is 5.32 Å². The molecule has 0 saturated heterocycles. The zero-order valence-electron chi connectivity index (χ0n) is 21.7. The van der Waals surface area contributed by atoms with E-state index >= 15 is 0 Å². The molecule has 0 unspecified atom stereocenters. The zero-order valence-corrected chi connectivity index (χ0v) is 21.7. The molecule has 7 heteroatoms. The first-order valence-electron chi connectivity index (χ1n) is 12.3. The molecule has 1 aromatic heterocycles. The third-order valence-electron chi connectivity index (χ3n) is 6.59. The second kappa shape index (κ2) is 10.0. The number of carbonyl (C=O) groups excluding carboxylic acids is 2. The van der Waals surface area contributed by atoms with Crippen molar-refractivity contribution in [1.29, 1.82) is 0 Å². The number of esters is 1. The number of aryl methyl sites for hydroxylation is 1. The van der Waals surface area contributed by atoms with Gasteiger partial charge in [0, 0.05) is 18.5 Å². The van der Waals surface area contributed by atoms with Gasteiger partial charge in [0.25, 0.3) is 0 Å². The van der Waals surface area contributed by atoms with Crippen LogP contribution in [0.4, 0.5) is 4.79 Å². The van der Waals surface area contributed by atoms with Crippen molar-refractivity contribution in [1.82, 2.24) is 20.0 Å². The summed E-state index contributed by atoms with van der Waals surface area (Å²) in [4.78, 5) is 27.9. The Bertz CT molecular complexity index is 1300. The minimum atomic E-state index is -0.598. The molecule has 0 fully saturated rings. The van der Waals surface area contributed by atoms with E-state index in [0.29, 0.717) is 13.0 Å². The molecule has 0 aliphatic carbocycles. The highest BCUT2D eigenvalue weighted by atomic mass is 16.5. The number of nitrogens with one attached hydrogen (secondary N) is 1. The van der Waals surface area contributed by atoms with Crippen LogP contribution >= 0.6 is 0 Å². The maximum atomic E-state index is 13.4. The van der Waals surface area contributed by atoms with Crippen molar-refractivity contribution in [3.05, 3.63) is 88.8 Å². The Morgan fingerprint density at radius 3 is 2.56 bits per heavy atom. The Kier molecular flexibility index (Phi) is 7.02. The number of urea groups is 1. The van der Waals surface area contributed by atoms with Crippen molar-refractivity contribution in [2.24, 2.45) is 0 Å². The van der Waals surface area contributed by atoms with Gasteiger partial charge in [0.05, 0.1) is 30.1 Å². The van der Waals surface area contributed by atoms with E-state index in [2.05, 4.69) is 23.1 Å². The Morgan fingerprint density at radius 1 is 1.17 bits per heavy atom. The summed E-state index contributed by atoms with van der Waals surface area (Å²) < 4.78 is 7.09. The third kappa shape index (κ3) is 5.05. The highest BCUT2D eigenvalue weighted by molar-refractivity contribution is 5.90. The maximum Gasteiger partial charge on any atom is 0.359 e. The van der Waals surface area contributed by atoms with Crippen LogP contribution in [0.3, 0.4) is 0 Å². The van der Waals surface area contributed by atoms with Gasteiger partial charge in [-0.2, -0.15) is 5.10 Å². The topological polar surface area (TPSA) is 76.5 Å². The average Bonchev–Trinajstić information content (AvgIpc) is 3.23. The van der Waals surface area contributed by atoms with Gasteiger partial charge in [0.2, 0.25) is 0 Å². The number of nitrogens with zero attached hydrogens (tertiary/aromatic N) is 3. The molecule has 4 rings (SSSR count). The number of ether oxygens (including phenoxy) is 1. The lowest BCUT2D eigenvalue weighted by atomic mass is 9.91. The second-order valence-electron chi connectivity index (χ2n) is 9.83. The molecule has 0 saturated carbocycles. The number of hydrogen-bond acceptors (Lipinski definition) is 4. The predicted molar refractivity (Wildman–Crippen MR) is 141 cm³/mol. The minimum Gasteiger partial charge on any atom is -0.461 e. The molecule has 2 heterocycles. The van der Waals surface area contributed by atoms with Gasteiger partial charge in [-0.3, -0.25) is 0 Å². The standard InChI is InChI=1S/C29H34N4O3/c1-7-36-27(34)26-24-18-32(16-15-25(24)33(31-26)23-13-11-20(4)12-14-23)28(35)30-29(5,6)22-10-8-9-21(17-22)19(2)3/h8-14,17H,2,7,15-16,18H2,1,3-6H3,(H,30,35). The first kappa shape index (κ1) is 25.2. The smallest absolute Gasteiger partial charge is 0.359 e. The van der Waals surface area contributed by atoms with E-state index in [9.17, 15) is 9.59 Å². The summed E-state index contributed by atoms with van der Waals surface area (Å²) in [7, 11) is 0. The van der Waals surface area contributed by atoms with Crippen LogP contribution in [-0.4, -0.2) is 39.8 Å². The molecule has 0 radical (unpaired) electrons. The van der Waals surface area contributed by atoms with Crippen LogP contribution in [0.15, 0.2) is 55.1 Å². The van der Waals surface area contributed by atoms with Crippen molar-refractivity contribution < 1.29 is 14.3 Å². The van der Waals surface area contributed by atoms with Crippen molar-refractivity contribution in [2.75, 3.05) is 13.2 Å². The van der Waals surface area contributed by atoms with Gasteiger partial charge in [0.1, 0.15) is 0 Å². The fraction of sp³-hybridized carbons (Fsp3) is 0.345. The summed E-state index contributed by atoms with van der Waals surface area (Å²) in [5.41, 5.74) is 6.36. The molecular weight excluding hydrogens is 452 g/mol. The van der Waals surface area contributed by atoms with Gasteiger partial charge in [-0.1, -0.05) is 48.0 Å². The molecule has 36 heavy (non-hydrogen) atoms. The molecule has 2 aromatic carbocycles. The Hall–Kier alpha value is -3.87. The minimum absolute atomic E-state index is 0.190. The van der Waals surface area contributed by atoms with Crippen molar-refractivity contribution in [2.45, 2.75) is 53.1 Å². The molecule has 3 aromatic rings. The fourth-order valence-electron chi connectivity index (χ4n) is 4.45. The number of carbonyl (C=O) groups is 2. The monoisotopic (exact) mass is 486 g/mol. The van der Waals surface area contributed by atoms with Crippen molar-refractivity contribution >= 4 is 17.6 Å². The van der Waals surface area contributed by atoms with E-state index in [1.807, 2.05) is 74.8 Å². The van der Waals surface area contributed by atoms with E-state index in [-0.39, 0.29) is 24.9 Å². The largest absolute Gasteiger partial charge is 0.461 e. The second-order valence-corrected chi connectivity index (χ2v) is 9.83. The van der Waals surface area contributed by atoms with E-state index in [1.54, 1.807) is 11.8 Å². The third-order valence-corrected chi connectivity index (χ3v) is 6.59. The summed E-state index contributed by atoms with van der Waals surface area (Å²) in [6, 6.07) is 15.9. The number of fused-ring (bicyclic) bond motifs is 1. The normalized spacial score (nSPS) is 13.2. The van der Waals surface area contributed by atoms with Gasteiger partial charge in [0.15, 0.2) is 5.69 Å². The van der Waals surface area contributed by atoms with Gasteiger partial charge in [-0.15, -0.1) is 0 Å². The number of aromatic nitrogens is 2. The number of rotatable bonds is 6. The fourth-order valence-corrected chi connectivity index (χ4v) is 4.45. The van der Waals surface area contributed by atoms with E-state index < -0.39 is 11.5 Å². The molecule has 1 N–H and O–H groups in total. The molecule has 1 aliphatic rings. The van der Waals surface area contributed by atoms with Crippen LogP contribution in [-0.2, 0) is 23.2 Å². The Balaban J connectivity index is 1.61. The highest BCUT2D eigenvalue weighted by Crippen LogP contribution is 2.28. The molecular formula is C29H34N4O3. The lowest BCUT2D eigenvalue weighted by Gasteiger charge is -2.33. The van der Waals surface area contributed by atoms with E-state index in [1.165, 1.54) is 0 Å². The number of benzene rings is 2. The predicted octanol–water partition coefficient (Wildman–Crippen LogP) is 5.39. The van der Waals surface area contributed by atoms with Crippen molar-refractivity contribution in [3.63, 3.8) is 0 Å². The quantitative estimate of drug-likeness (QED) is 0.474. The summed E-state index contributed by atoms with van der Waals surface area (Å²) in [5.74, 6) is -0.473. The van der Waals surface area contributed by atoms with Gasteiger partial charge >= 0.3 is 12.0 Å². The van der Waals surface area contributed by atoms with Crippen LogP contribution in [0.1, 0.15) is 66.1 Å². The maximum absolute atomic E-state index is 13.4. The Labute approximate surface area is 212 Å². The molecule has 0 spiro atoms. The van der Waals surface area contributed by atoms with Crippen LogP contribution in [0, 0.1) is 6.92 Å². The summed E-state index contributed by atoms with van der Waals surface area (Å²) in [5, 5.41) is 7.80. The van der Waals surface area contributed by atoms with Crippen LogP contribution in [0.2, 0.25) is 0 Å². The molecule has 188 valence electrons. The summed E-state index contributed by atoms with van der Waals surface area (Å²) in [6.07, 6.45) is 0.578. The molecule has 1 aliphatic heterocycles. The first-order chi connectivity index (χ1) is 17.1. The number of amides is 2. The first-order valence-corrected chi connectivity index (χ1v) is 12.3. The molecule has 7 nitrogen and oxygen atoms in total. The Morgan fingerprint density at radius 2 is 1.89 bits per heavy atom. The highest BCUT2D eigenvalue weighted by Gasteiger charge is 2.33. The summed E-state index contributed by atoms with van der Waals surface area (Å²) in [6.45, 7) is 14.8. The van der Waals surface area contributed by atoms with Crippen LogP contribution in [0.25, 0.3) is 11.3 Å². The van der Waals surface area contributed by atoms with Gasteiger partial charge in [-0.25, -0.2) is 14.3 Å². The average molecular weight is 487 g/mol. The van der Waals surface area contributed by atoms with E-state index in [0.717, 1.165) is 39.2 Å². The lowest BCUT2D eigenvalue weighted by molar-refractivity contribution is 0.0516. The van der Waals surface area contributed by atoms with Crippen LogP contribution in [0.5, 0.6) is 0 Å². The molecule has 0 atom stereocenters. The number of allylic oxidation sites excluding steroid dienone is 1. The van der Waals surface area contributed by atoms with Crippen molar-refractivity contribution in [3.8, 4) is 5.69 Å². The summed E-state index contributed by atoms with van der Waals surface area (Å²) >= 11 is 0. The molecule has 2 amide bonds. The van der Waals surface area contributed by atoms with E-state index in [4.69, 9.17) is 4.74 Å². The SMILES string of the molecule is C=C(C)c1cccc(C(C)(C)NC(=O)N2CCc3c(c(C(=O)OCC)nn3-c3ccc(C)cc3)C2)c1. The lowest BCUT2D eigenvalue weighted by Crippen LogP contribution is -2.49. The molecule has 0 bridgehead atoms. The van der Waals surface area contributed by atoms with Gasteiger partial charge in [-0.05, 0) is 63.9 Å². The zero-order chi connectivity index (χ0) is 26.0.